The molecule has 1 heterocycles. The van der Waals surface area contributed by atoms with Gasteiger partial charge in [-0.2, -0.15) is 0 Å². The van der Waals surface area contributed by atoms with Crippen molar-refractivity contribution in [1.29, 1.82) is 0 Å². The van der Waals surface area contributed by atoms with Crippen LogP contribution in [0.3, 0.4) is 0 Å². The molecule has 2 N–H and O–H groups in total. The monoisotopic (exact) mass is 407 g/mol. The van der Waals surface area contributed by atoms with Crippen LogP contribution in [0, 0.1) is 0 Å². The fourth-order valence-electron chi connectivity index (χ4n) is 3.56. The van der Waals surface area contributed by atoms with E-state index in [-0.39, 0.29) is 18.6 Å². The molecule has 2 aromatic carbocycles. The van der Waals surface area contributed by atoms with Gasteiger partial charge in [-0.05, 0) is 30.9 Å². The van der Waals surface area contributed by atoms with Crippen LogP contribution in [0.25, 0.3) is 0 Å². The number of carbonyl (C=O) groups excluding carboxylic acids is 1. The van der Waals surface area contributed by atoms with E-state index in [1.54, 1.807) is 0 Å². The minimum absolute atomic E-state index is 0.157. The van der Waals surface area contributed by atoms with Crippen LogP contribution >= 0.6 is 0 Å². The number of carbonyl (C=O) groups is 1. The first-order chi connectivity index (χ1) is 14.7. The van der Waals surface area contributed by atoms with Gasteiger partial charge in [-0.15, -0.1) is 0 Å². The molecule has 0 saturated heterocycles. The lowest BCUT2D eigenvalue weighted by atomic mass is 9.94. The number of rotatable bonds is 8. The van der Waals surface area contributed by atoms with Crippen LogP contribution in [0.4, 0.5) is 0 Å². The highest BCUT2D eigenvalue weighted by atomic mass is 16.5. The predicted octanol–water partition coefficient (Wildman–Crippen LogP) is 3.41. The summed E-state index contributed by atoms with van der Waals surface area (Å²) < 4.78 is 5.13. The zero-order valence-electron chi connectivity index (χ0n) is 17.5. The number of guanidine groups is 1. The third kappa shape index (κ3) is 5.07. The minimum atomic E-state index is -0.355. The van der Waals surface area contributed by atoms with Gasteiger partial charge in [0.2, 0.25) is 0 Å². The molecule has 6 heteroatoms. The van der Waals surface area contributed by atoms with Gasteiger partial charge in [-0.1, -0.05) is 60.7 Å². The molecule has 0 bridgehead atoms. The Kier molecular flexibility index (Phi) is 7.63. The van der Waals surface area contributed by atoms with Crippen molar-refractivity contribution >= 4 is 11.9 Å². The summed E-state index contributed by atoms with van der Waals surface area (Å²) in [6.45, 7) is 3.27. The molecular weight excluding hydrogens is 378 g/mol. The first-order valence-corrected chi connectivity index (χ1v) is 10.2. The largest absolute Gasteiger partial charge is 0.466 e. The number of ether oxygens (including phenoxy) is 1. The number of hydrogen-bond acceptors (Lipinski definition) is 4. The molecule has 0 fully saturated rings. The smallest absolute Gasteiger partial charge is 0.337 e. The SMILES string of the molecule is COC(=O)C1=C(C)N(Cc2ccccc2)C(=NCCCCO)NC1c1ccccc1. The van der Waals surface area contributed by atoms with Crippen molar-refractivity contribution in [1.82, 2.24) is 10.2 Å². The number of esters is 1. The van der Waals surface area contributed by atoms with Crippen molar-refractivity contribution in [3.05, 3.63) is 83.1 Å². The Morgan fingerprint density at radius 2 is 1.77 bits per heavy atom. The van der Waals surface area contributed by atoms with Gasteiger partial charge >= 0.3 is 5.97 Å². The van der Waals surface area contributed by atoms with Crippen molar-refractivity contribution in [3.8, 4) is 0 Å². The first kappa shape index (κ1) is 21.6. The van der Waals surface area contributed by atoms with Crippen molar-refractivity contribution in [2.24, 2.45) is 4.99 Å². The highest BCUT2D eigenvalue weighted by molar-refractivity contribution is 5.96. The summed E-state index contributed by atoms with van der Waals surface area (Å²) in [5, 5.41) is 12.5. The Hall–Kier alpha value is -3.12. The fraction of sp³-hybridized carbons (Fsp3) is 0.333. The van der Waals surface area contributed by atoms with E-state index in [0.717, 1.165) is 29.2 Å². The maximum Gasteiger partial charge on any atom is 0.337 e. The van der Waals surface area contributed by atoms with Crippen molar-refractivity contribution < 1.29 is 14.6 Å². The van der Waals surface area contributed by atoms with Crippen LogP contribution in [0.15, 0.2) is 76.9 Å². The maximum absolute atomic E-state index is 12.8. The van der Waals surface area contributed by atoms with Gasteiger partial charge in [0.05, 0.1) is 25.3 Å². The zero-order chi connectivity index (χ0) is 21.3. The Morgan fingerprint density at radius 1 is 1.10 bits per heavy atom. The number of allylic oxidation sites excluding steroid dienone is 1. The highest BCUT2D eigenvalue weighted by Gasteiger charge is 2.35. The van der Waals surface area contributed by atoms with E-state index in [1.807, 2.05) is 60.4 Å². The second-order valence-electron chi connectivity index (χ2n) is 7.19. The molecule has 2 aromatic rings. The molecule has 0 aliphatic carbocycles. The van der Waals surface area contributed by atoms with Gasteiger partial charge in [0.15, 0.2) is 5.96 Å². The lowest BCUT2D eigenvalue weighted by molar-refractivity contribution is -0.136. The summed E-state index contributed by atoms with van der Waals surface area (Å²) in [4.78, 5) is 19.6. The maximum atomic E-state index is 12.8. The number of methoxy groups -OCH3 is 1. The Bertz CT molecular complexity index is 894. The molecular formula is C24H29N3O3. The first-order valence-electron chi connectivity index (χ1n) is 10.2. The number of nitrogens with zero attached hydrogens (tertiary/aromatic N) is 2. The molecule has 6 nitrogen and oxygen atoms in total. The lowest BCUT2D eigenvalue weighted by Crippen LogP contribution is -2.48. The average molecular weight is 408 g/mol. The molecule has 0 amide bonds. The minimum Gasteiger partial charge on any atom is -0.466 e. The molecule has 0 spiro atoms. The van der Waals surface area contributed by atoms with Crippen LogP contribution < -0.4 is 5.32 Å². The van der Waals surface area contributed by atoms with Gasteiger partial charge < -0.3 is 20.1 Å². The topological polar surface area (TPSA) is 74.2 Å². The molecule has 1 aliphatic rings. The van der Waals surface area contributed by atoms with Gasteiger partial charge in [0.1, 0.15) is 0 Å². The molecule has 30 heavy (non-hydrogen) atoms. The average Bonchev–Trinajstić information content (AvgIpc) is 2.79. The summed E-state index contributed by atoms with van der Waals surface area (Å²) >= 11 is 0. The van der Waals surface area contributed by atoms with Gasteiger partial charge in [0.25, 0.3) is 0 Å². The molecule has 1 aliphatic heterocycles. The quantitative estimate of drug-likeness (QED) is 0.518. The molecule has 1 unspecified atom stereocenters. The molecule has 158 valence electrons. The third-order valence-corrected chi connectivity index (χ3v) is 5.16. The molecule has 0 aromatic heterocycles. The van der Waals surface area contributed by atoms with E-state index in [9.17, 15) is 4.79 Å². The summed E-state index contributed by atoms with van der Waals surface area (Å²) in [5.74, 6) is 0.363. The molecule has 1 atom stereocenters. The summed E-state index contributed by atoms with van der Waals surface area (Å²) in [5.41, 5.74) is 3.48. The van der Waals surface area contributed by atoms with Gasteiger partial charge in [-0.3, -0.25) is 4.99 Å². The van der Waals surface area contributed by atoms with Gasteiger partial charge in [0, 0.05) is 18.8 Å². The Balaban J connectivity index is 2.03. The van der Waals surface area contributed by atoms with Crippen LogP contribution in [0.5, 0.6) is 0 Å². The Labute approximate surface area is 177 Å². The second kappa shape index (κ2) is 10.6. The van der Waals surface area contributed by atoms with E-state index < -0.39 is 0 Å². The second-order valence-corrected chi connectivity index (χ2v) is 7.19. The summed E-state index contributed by atoms with van der Waals surface area (Å²) in [6.07, 6.45) is 1.50. The Morgan fingerprint density at radius 3 is 2.40 bits per heavy atom. The number of hydrogen-bond donors (Lipinski definition) is 2. The van der Waals surface area contributed by atoms with E-state index in [0.29, 0.717) is 25.1 Å². The number of aliphatic hydroxyl groups excluding tert-OH is 1. The number of aliphatic imine (C=N–C) groups is 1. The number of aliphatic hydroxyl groups is 1. The highest BCUT2D eigenvalue weighted by Crippen LogP contribution is 2.32. The zero-order valence-corrected chi connectivity index (χ0v) is 17.5. The molecule has 0 saturated carbocycles. The van der Waals surface area contributed by atoms with E-state index in [4.69, 9.17) is 14.8 Å². The summed E-state index contributed by atoms with van der Waals surface area (Å²) in [6, 6.07) is 19.6. The molecule has 0 radical (unpaired) electrons. The van der Waals surface area contributed by atoms with Crippen LogP contribution in [0.2, 0.25) is 0 Å². The van der Waals surface area contributed by atoms with Crippen LogP contribution in [-0.4, -0.2) is 42.2 Å². The number of benzene rings is 2. The fourth-order valence-corrected chi connectivity index (χ4v) is 3.56. The van der Waals surface area contributed by atoms with E-state index in [2.05, 4.69) is 17.4 Å². The number of nitrogens with one attached hydrogen (secondary N) is 1. The normalized spacial score (nSPS) is 17.8. The van der Waals surface area contributed by atoms with Crippen molar-refractivity contribution in [2.45, 2.75) is 32.4 Å². The lowest BCUT2D eigenvalue weighted by Gasteiger charge is -2.38. The van der Waals surface area contributed by atoms with Crippen molar-refractivity contribution in [2.75, 3.05) is 20.3 Å². The standard InChI is InChI=1S/C24H29N3O3/c1-18-21(23(29)30-2)22(20-13-7-4-8-14-20)26-24(25-15-9-10-16-28)27(18)17-19-11-5-3-6-12-19/h3-8,11-14,22,28H,9-10,15-17H2,1-2H3,(H,25,26). The third-order valence-electron chi connectivity index (χ3n) is 5.16. The molecule has 3 rings (SSSR count). The van der Waals surface area contributed by atoms with Gasteiger partial charge in [-0.25, -0.2) is 4.79 Å². The number of unbranched alkanes of at least 4 members (excludes halogenated alkanes) is 1. The van der Waals surface area contributed by atoms with Crippen molar-refractivity contribution in [3.63, 3.8) is 0 Å². The van der Waals surface area contributed by atoms with Crippen LogP contribution in [0.1, 0.15) is 36.9 Å². The predicted molar refractivity (Wildman–Crippen MR) is 118 cm³/mol. The summed E-state index contributed by atoms with van der Waals surface area (Å²) in [7, 11) is 1.41. The van der Waals surface area contributed by atoms with Crippen LogP contribution in [-0.2, 0) is 16.1 Å². The van der Waals surface area contributed by atoms with E-state index >= 15 is 0 Å². The van der Waals surface area contributed by atoms with E-state index in [1.165, 1.54) is 7.11 Å².